The van der Waals surface area contributed by atoms with E-state index < -0.39 is 0 Å². The van der Waals surface area contributed by atoms with E-state index in [1.54, 1.807) is 23.1 Å². The van der Waals surface area contributed by atoms with Crippen molar-refractivity contribution in [1.82, 2.24) is 30.0 Å². The number of rotatable bonds is 6. The molecule has 0 aliphatic heterocycles. The van der Waals surface area contributed by atoms with Crippen molar-refractivity contribution < 1.29 is 9.21 Å². The molecule has 5 rings (SSSR count). The molecule has 2 atom stereocenters. The Morgan fingerprint density at radius 3 is 2.76 bits per heavy atom. The van der Waals surface area contributed by atoms with E-state index in [-0.39, 0.29) is 17.9 Å². The Labute approximate surface area is 191 Å². The van der Waals surface area contributed by atoms with Gasteiger partial charge in [0, 0.05) is 7.05 Å². The standard InChI is InChI=1S/C25H26N6O2/c1-5-14(2)22(23-26-17-9-6-7-10-18(17)27-23)29-25(32)16-13-19(20-11-8-12-33-20)28-24-21(16)15(3)30-31(24)4/h6-14,22H,5H2,1-4H3,(H,26,27)(H,29,32). The Balaban J connectivity index is 1.59. The number of carbonyl (C=O) groups excluding carboxylic acids is 1. The fraction of sp³-hybridized carbons (Fsp3) is 0.280. The Kier molecular flexibility index (Phi) is 5.20. The third-order valence-corrected chi connectivity index (χ3v) is 6.19. The maximum Gasteiger partial charge on any atom is 0.252 e. The van der Waals surface area contributed by atoms with Crippen molar-refractivity contribution in [2.75, 3.05) is 0 Å². The summed E-state index contributed by atoms with van der Waals surface area (Å²) in [7, 11) is 1.83. The van der Waals surface area contributed by atoms with E-state index >= 15 is 0 Å². The first kappa shape index (κ1) is 20.9. The smallest absolute Gasteiger partial charge is 0.252 e. The largest absolute Gasteiger partial charge is 0.463 e. The number of fused-ring (bicyclic) bond motifs is 2. The highest BCUT2D eigenvalue weighted by Gasteiger charge is 2.27. The number of imidazole rings is 1. The molecule has 0 fully saturated rings. The van der Waals surface area contributed by atoms with Gasteiger partial charge in [-0.3, -0.25) is 9.48 Å². The van der Waals surface area contributed by atoms with Gasteiger partial charge in [0.2, 0.25) is 0 Å². The summed E-state index contributed by atoms with van der Waals surface area (Å²) in [5.41, 5.74) is 4.32. The number of aromatic nitrogens is 5. The molecule has 0 bridgehead atoms. The van der Waals surface area contributed by atoms with Crippen LogP contribution in [0.15, 0.2) is 53.1 Å². The molecule has 0 aliphatic carbocycles. The second kappa shape index (κ2) is 8.20. The normalized spacial score (nSPS) is 13.5. The number of benzene rings is 1. The van der Waals surface area contributed by atoms with Crippen LogP contribution in [0.4, 0.5) is 0 Å². The molecule has 2 unspecified atom stereocenters. The molecule has 4 heterocycles. The van der Waals surface area contributed by atoms with Crippen LogP contribution in [-0.4, -0.2) is 30.6 Å². The van der Waals surface area contributed by atoms with Crippen molar-refractivity contribution in [3.63, 3.8) is 0 Å². The number of hydrogen-bond donors (Lipinski definition) is 2. The fourth-order valence-corrected chi connectivity index (χ4v) is 4.23. The third-order valence-electron chi connectivity index (χ3n) is 6.19. The number of para-hydroxylation sites is 2. The van der Waals surface area contributed by atoms with Gasteiger partial charge in [0.25, 0.3) is 5.91 Å². The molecule has 5 aromatic rings. The van der Waals surface area contributed by atoms with E-state index in [9.17, 15) is 4.79 Å². The molecule has 0 spiro atoms. The van der Waals surface area contributed by atoms with Crippen LogP contribution in [0.1, 0.15) is 48.2 Å². The highest BCUT2D eigenvalue weighted by Crippen LogP contribution is 2.29. The second-order valence-corrected chi connectivity index (χ2v) is 8.42. The molecule has 8 nitrogen and oxygen atoms in total. The molecule has 0 saturated heterocycles. The average Bonchev–Trinajstić information content (AvgIpc) is 3.56. The topological polar surface area (TPSA) is 102 Å². The fourth-order valence-electron chi connectivity index (χ4n) is 4.23. The van der Waals surface area contributed by atoms with Gasteiger partial charge >= 0.3 is 0 Å². The van der Waals surface area contributed by atoms with Crippen LogP contribution in [0.2, 0.25) is 0 Å². The van der Waals surface area contributed by atoms with E-state index in [1.807, 2.05) is 44.3 Å². The zero-order chi connectivity index (χ0) is 23.1. The van der Waals surface area contributed by atoms with E-state index in [0.717, 1.165) is 34.4 Å². The Bertz CT molecular complexity index is 1410. The lowest BCUT2D eigenvalue weighted by molar-refractivity contribution is 0.0922. The summed E-state index contributed by atoms with van der Waals surface area (Å²) in [4.78, 5) is 26.6. The summed E-state index contributed by atoms with van der Waals surface area (Å²) in [6, 6.07) is 13.0. The number of nitrogens with zero attached hydrogens (tertiary/aromatic N) is 4. The van der Waals surface area contributed by atoms with E-state index in [1.165, 1.54) is 0 Å². The number of nitrogens with one attached hydrogen (secondary N) is 2. The van der Waals surface area contributed by atoms with Crippen molar-refractivity contribution >= 4 is 28.0 Å². The minimum atomic E-state index is -0.276. The zero-order valence-electron chi connectivity index (χ0n) is 19.1. The van der Waals surface area contributed by atoms with E-state index in [2.05, 4.69) is 29.2 Å². The summed E-state index contributed by atoms with van der Waals surface area (Å²) in [5.74, 6) is 1.32. The van der Waals surface area contributed by atoms with Crippen molar-refractivity contribution in [2.24, 2.45) is 13.0 Å². The maximum absolute atomic E-state index is 13.7. The predicted octanol–water partition coefficient (Wildman–Crippen LogP) is 4.93. The molecule has 1 aromatic carbocycles. The number of aryl methyl sites for hydroxylation is 2. The van der Waals surface area contributed by atoms with E-state index in [4.69, 9.17) is 14.4 Å². The van der Waals surface area contributed by atoms with Crippen LogP contribution in [-0.2, 0) is 7.05 Å². The monoisotopic (exact) mass is 442 g/mol. The molecular formula is C25H26N6O2. The number of carbonyl (C=O) groups is 1. The second-order valence-electron chi connectivity index (χ2n) is 8.42. The molecule has 8 heteroatoms. The number of pyridine rings is 1. The zero-order valence-corrected chi connectivity index (χ0v) is 19.1. The first-order valence-corrected chi connectivity index (χ1v) is 11.1. The maximum atomic E-state index is 13.7. The molecule has 33 heavy (non-hydrogen) atoms. The molecule has 4 aromatic heterocycles. The highest BCUT2D eigenvalue weighted by atomic mass is 16.3. The molecule has 0 radical (unpaired) electrons. The van der Waals surface area contributed by atoms with Crippen molar-refractivity contribution in [2.45, 2.75) is 33.2 Å². The third kappa shape index (κ3) is 3.67. The minimum Gasteiger partial charge on any atom is -0.463 e. The van der Waals surface area contributed by atoms with Crippen molar-refractivity contribution in [3.8, 4) is 11.5 Å². The van der Waals surface area contributed by atoms with Crippen LogP contribution < -0.4 is 5.32 Å². The summed E-state index contributed by atoms with van der Waals surface area (Å²) in [6.07, 6.45) is 2.48. The minimum absolute atomic E-state index is 0.173. The predicted molar refractivity (Wildman–Crippen MR) is 127 cm³/mol. The van der Waals surface area contributed by atoms with Gasteiger partial charge < -0.3 is 14.7 Å². The molecule has 1 amide bonds. The lowest BCUT2D eigenvalue weighted by Gasteiger charge is -2.23. The highest BCUT2D eigenvalue weighted by molar-refractivity contribution is 6.07. The van der Waals surface area contributed by atoms with Gasteiger partial charge in [0.1, 0.15) is 11.5 Å². The number of aromatic amines is 1. The average molecular weight is 443 g/mol. The Morgan fingerprint density at radius 2 is 2.03 bits per heavy atom. The van der Waals surface area contributed by atoms with Crippen LogP contribution >= 0.6 is 0 Å². The number of hydrogen-bond acceptors (Lipinski definition) is 5. The van der Waals surface area contributed by atoms with Crippen LogP contribution in [0.3, 0.4) is 0 Å². The lowest BCUT2D eigenvalue weighted by Crippen LogP contribution is -2.33. The Morgan fingerprint density at radius 1 is 1.21 bits per heavy atom. The van der Waals surface area contributed by atoms with Gasteiger partial charge in [-0.2, -0.15) is 5.10 Å². The van der Waals surface area contributed by atoms with Gasteiger partial charge in [-0.25, -0.2) is 9.97 Å². The van der Waals surface area contributed by atoms with Gasteiger partial charge in [-0.15, -0.1) is 0 Å². The van der Waals surface area contributed by atoms with Gasteiger partial charge in [0.15, 0.2) is 11.4 Å². The van der Waals surface area contributed by atoms with Gasteiger partial charge in [-0.1, -0.05) is 32.4 Å². The van der Waals surface area contributed by atoms with Crippen molar-refractivity contribution in [1.29, 1.82) is 0 Å². The van der Waals surface area contributed by atoms with Gasteiger partial charge in [0.05, 0.1) is 40.0 Å². The quantitative estimate of drug-likeness (QED) is 0.388. The number of amides is 1. The Hall–Kier alpha value is -3.94. The van der Waals surface area contributed by atoms with Gasteiger partial charge in [-0.05, 0) is 43.2 Å². The molecule has 168 valence electrons. The molecular weight excluding hydrogens is 416 g/mol. The summed E-state index contributed by atoms with van der Waals surface area (Å²) >= 11 is 0. The SMILES string of the molecule is CCC(C)C(NC(=O)c1cc(-c2ccco2)nc2c1c(C)nn2C)c1nc2ccccc2[nH]1. The number of furan rings is 1. The lowest BCUT2D eigenvalue weighted by atomic mass is 9.97. The summed E-state index contributed by atoms with van der Waals surface area (Å²) < 4.78 is 7.24. The molecule has 0 aliphatic rings. The van der Waals surface area contributed by atoms with E-state index in [0.29, 0.717) is 22.7 Å². The summed E-state index contributed by atoms with van der Waals surface area (Å²) in [6.45, 7) is 6.11. The molecule has 2 N–H and O–H groups in total. The van der Waals surface area contributed by atoms with Crippen LogP contribution in [0.5, 0.6) is 0 Å². The van der Waals surface area contributed by atoms with Crippen molar-refractivity contribution in [3.05, 3.63) is 65.8 Å². The van der Waals surface area contributed by atoms with Crippen LogP contribution in [0, 0.1) is 12.8 Å². The first-order valence-electron chi connectivity index (χ1n) is 11.1. The summed E-state index contributed by atoms with van der Waals surface area (Å²) in [5, 5.41) is 8.47. The number of H-pyrrole nitrogens is 1. The van der Waals surface area contributed by atoms with Crippen LogP contribution in [0.25, 0.3) is 33.5 Å². The first-order chi connectivity index (χ1) is 16.0. The molecule has 0 saturated carbocycles.